The average Bonchev–Trinajstić information content (AvgIpc) is 3.06. The van der Waals surface area contributed by atoms with E-state index in [0.717, 1.165) is 38.0 Å². The highest BCUT2D eigenvalue weighted by Gasteiger charge is 2.39. The van der Waals surface area contributed by atoms with Crippen molar-refractivity contribution >= 4 is 18.1 Å². The lowest BCUT2D eigenvalue weighted by atomic mass is 9.68. The molecule has 3 aromatic carbocycles. The lowest BCUT2D eigenvalue weighted by Gasteiger charge is -2.43. The number of hydrogen-bond acceptors (Lipinski definition) is 7. The maximum absolute atomic E-state index is 13.0. The SMILES string of the molecule is COC(=O)C1=C(C)NC(C)=C(N(C=O)CCN2CCC(c3ccccc3)(c3ccccc3)CC2)C1c1ccc([N+](=O)[O-])cc1. The molecule has 0 spiro atoms. The molecule has 0 radical (unpaired) electrons. The maximum atomic E-state index is 13.0. The van der Waals surface area contributed by atoms with Gasteiger partial charge in [0.05, 0.1) is 29.2 Å². The molecule has 0 aromatic heterocycles. The van der Waals surface area contributed by atoms with Gasteiger partial charge in [-0.3, -0.25) is 14.9 Å². The molecular weight excluding hydrogens is 556 g/mol. The van der Waals surface area contributed by atoms with Crippen molar-refractivity contribution in [2.45, 2.75) is 38.0 Å². The number of piperidine rings is 1. The Morgan fingerprint density at radius 3 is 2.05 bits per heavy atom. The fourth-order valence-corrected chi connectivity index (χ4v) is 6.75. The number of non-ortho nitro benzene ring substituents is 1. The number of carbonyl (C=O) groups excluding carboxylic acids is 2. The lowest BCUT2D eigenvalue weighted by Crippen LogP contribution is -2.46. The molecule has 1 amide bonds. The van der Waals surface area contributed by atoms with Gasteiger partial charge in [-0.05, 0) is 56.5 Å². The summed E-state index contributed by atoms with van der Waals surface area (Å²) in [7, 11) is 1.32. The Labute approximate surface area is 258 Å². The molecular formula is C35H38N4O5. The molecule has 44 heavy (non-hydrogen) atoms. The molecule has 2 aliphatic heterocycles. The summed E-state index contributed by atoms with van der Waals surface area (Å²) in [6, 6.07) is 27.5. The van der Waals surface area contributed by atoms with Crippen LogP contribution in [-0.4, -0.2) is 60.4 Å². The van der Waals surface area contributed by atoms with Gasteiger partial charge >= 0.3 is 5.97 Å². The molecule has 1 atom stereocenters. The Balaban J connectivity index is 1.38. The first-order valence-electron chi connectivity index (χ1n) is 14.9. The lowest BCUT2D eigenvalue weighted by molar-refractivity contribution is -0.384. The van der Waals surface area contributed by atoms with Gasteiger partial charge in [0.25, 0.3) is 5.69 Å². The number of amides is 1. The van der Waals surface area contributed by atoms with Crippen molar-refractivity contribution in [3.05, 3.63) is 134 Å². The van der Waals surface area contributed by atoms with Crippen LogP contribution in [0, 0.1) is 10.1 Å². The molecule has 0 aliphatic carbocycles. The molecule has 5 rings (SSSR count). The third-order valence-electron chi connectivity index (χ3n) is 9.02. The van der Waals surface area contributed by atoms with Crippen molar-refractivity contribution in [1.82, 2.24) is 15.1 Å². The molecule has 0 saturated carbocycles. The van der Waals surface area contributed by atoms with Crippen LogP contribution in [0.1, 0.15) is 49.3 Å². The van der Waals surface area contributed by atoms with E-state index < -0.39 is 16.8 Å². The topological polar surface area (TPSA) is 105 Å². The van der Waals surface area contributed by atoms with Gasteiger partial charge in [0.1, 0.15) is 0 Å². The third kappa shape index (κ3) is 6.01. The average molecular weight is 595 g/mol. The van der Waals surface area contributed by atoms with E-state index in [1.54, 1.807) is 24.0 Å². The summed E-state index contributed by atoms with van der Waals surface area (Å²) >= 11 is 0. The van der Waals surface area contributed by atoms with Crippen molar-refractivity contribution in [3.8, 4) is 0 Å². The molecule has 1 N–H and O–H groups in total. The first kappa shape index (κ1) is 30.7. The zero-order valence-electron chi connectivity index (χ0n) is 25.4. The van der Waals surface area contributed by atoms with E-state index in [4.69, 9.17) is 4.74 Å². The number of ether oxygens (including phenoxy) is 1. The predicted octanol–water partition coefficient (Wildman–Crippen LogP) is 5.50. The number of nitrogens with one attached hydrogen (secondary N) is 1. The van der Waals surface area contributed by atoms with Crippen molar-refractivity contribution in [3.63, 3.8) is 0 Å². The summed E-state index contributed by atoms with van der Waals surface area (Å²) in [5.74, 6) is -1.16. The largest absolute Gasteiger partial charge is 0.466 e. The molecule has 1 unspecified atom stereocenters. The first-order valence-corrected chi connectivity index (χ1v) is 14.9. The Kier molecular flexibility index (Phi) is 9.25. The van der Waals surface area contributed by atoms with Crippen LogP contribution in [0.3, 0.4) is 0 Å². The highest BCUT2D eigenvalue weighted by Crippen LogP contribution is 2.42. The van der Waals surface area contributed by atoms with Gasteiger partial charge in [0.15, 0.2) is 0 Å². The van der Waals surface area contributed by atoms with Crippen LogP contribution < -0.4 is 5.32 Å². The van der Waals surface area contributed by atoms with Gasteiger partial charge in [0, 0.05) is 42.0 Å². The molecule has 3 aromatic rings. The summed E-state index contributed by atoms with van der Waals surface area (Å²) in [5, 5.41) is 14.6. The third-order valence-corrected chi connectivity index (χ3v) is 9.02. The van der Waals surface area contributed by atoms with E-state index in [1.807, 2.05) is 19.1 Å². The number of nitrogens with zero attached hydrogens (tertiary/aromatic N) is 3. The van der Waals surface area contributed by atoms with Crippen LogP contribution in [0.15, 0.2) is 108 Å². The normalized spacial score (nSPS) is 18.4. The Morgan fingerprint density at radius 1 is 0.977 bits per heavy atom. The minimum Gasteiger partial charge on any atom is -0.466 e. The van der Waals surface area contributed by atoms with E-state index in [1.165, 1.54) is 30.4 Å². The zero-order valence-corrected chi connectivity index (χ0v) is 25.4. The quantitative estimate of drug-likeness (QED) is 0.143. The Morgan fingerprint density at radius 2 is 1.55 bits per heavy atom. The van der Waals surface area contributed by atoms with E-state index >= 15 is 0 Å². The molecule has 0 bridgehead atoms. The van der Waals surface area contributed by atoms with E-state index in [-0.39, 0.29) is 11.1 Å². The van der Waals surface area contributed by atoms with Gasteiger partial charge in [0.2, 0.25) is 6.41 Å². The summed E-state index contributed by atoms with van der Waals surface area (Å²) in [6.07, 6.45) is 2.70. The van der Waals surface area contributed by atoms with Crippen molar-refractivity contribution in [2.75, 3.05) is 33.3 Å². The number of carbonyl (C=O) groups is 2. The number of nitro groups is 1. The summed E-state index contributed by atoms with van der Waals surface area (Å²) in [6.45, 7) is 6.46. The maximum Gasteiger partial charge on any atom is 0.336 e. The minimum absolute atomic E-state index is 0.0512. The van der Waals surface area contributed by atoms with E-state index in [2.05, 4.69) is 58.7 Å². The molecule has 228 valence electrons. The fourth-order valence-electron chi connectivity index (χ4n) is 6.75. The van der Waals surface area contributed by atoms with Crippen LogP contribution in [0.5, 0.6) is 0 Å². The summed E-state index contributed by atoms with van der Waals surface area (Å²) in [5.41, 5.74) is 5.50. The molecule has 2 heterocycles. The molecule has 1 fully saturated rings. The predicted molar refractivity (Wildman–Crippen MR) is 168 cm³/mol. The standard InChI is InChI=1S/C35H38N4O5/c1-25-31(34(41)44-3)32(27-14-16-30(17-15-27)39(42)43)33(26(2)36-25)38(24-40)23-22-37-20-18-35(19-21-37,28-10-6-4-7-11-28)29-12-8-5-9-13-29/h4-17,24,32,36H,18-23H2,1-3H3. The Bertz CT molecular complexity index is 1520. The number of esters is 1. The summed E-state index contributed by atoms with van der Waals surface area (Å²) in [4.78, 5) is 40.6. The number of rotatable bonds is 10. The monoisotopic (exact) mass is 594 g/mol. The second-order valence-electron chi connectivity index (χ2n) is 11.4. The molecule has 9 nitrogen and oxygen atoms in total. The van der Waals surface area contributed by atoms with Crippen LogP contribution in [0.2, 0.25) is 0 Å². The fraction of sp³-hybridized carbons (Fsp3) is 0.314. The van der Waals surface area contributed by atoms with Crippen LogP contribution in [0.4, 0.5) is 5.69 Å². The number of dihydropyridines is 1. The Hall–Kier alpha value is -4.76. The number of benzene rings is 3. The smallest absolute Gasteiger partial charge is 0.336 e. The van der Waals surface area contributed by atoms with Crippen molar-refractivity contribution in [1.29, 1.82) is 0 Å². The minimum atomic E-state index is -0.639. The van der Waals surface area contributed by atoms with E-state index in [0.29, 0.717) is 35.6 Å². The zero-order chi connectivity index (χ0) is 31.3. The molecule has 9 heteroatoms. The van der Waals surface area contributed by atoms with Gasteiger partial charge in [-0.2, -0.15) is 0 Å². The number of allylic oxidation sites excluding steroid dienone is 3. The summed E-state index contributed by atoms with van der Waals surface area (Å²) < 4.78 is 5.14. The van der Waals surface area contributed by atoms with Crippen LogP contribution in [-0.2, 0) is 19.7 Å². The second kappa shape index (κ2) is 13.3. The second-order valence-corrected chi connectivity index (χ2v) is 11.4. The number of nitro benzene ring substituents is 1. The number of hydrogen-bond donors (Lipinski definition) is 1. The van der Waals surface area contributed by atoms with Gasteiger partial charge in [-0.15, -0.1) is 0 Å². The first-order chi connectivity index (χ1) is 21.3. The number of likely N-dealkylation sites (tertiary alicyclic amines) is 1. The highest BCUT2D eigenvalue weighted by atomic mass is 16.6. The number of methoxy groups -OCH3 is 1. The molecule has 1 saturated heterocycles. The van der Waals surface area contributed by atoms with Gasteiger partial charge in [-0.1, -0.05) is 72.8 Å². The van der Waals surface area contributed by atoms with Crippen molar-refractivity contribution < 1.29 is 19.2 Å². The van der Waals surface area contributed by atoms with Gasteiger partial charge < -0.3 is 19.9 Å². The van der Waals surface area contributed by atoms with Crippen LogP contribution >= 0.6 is 0 Å². The van der Waals surface area contributed by atoms with E-state index in [9.17, 15) is 19.7 Å². The van der Waals surface area contributed by atoms with Crippen LogP contribution in [0.25, 0.3) is 0 Å². The van der Waals surface area contributed by atoms with Crippen molar-refractivity contribution in [2.24, 2.45) is 0 Å². The van der Waals surface area contributed by atoms with Gasteiger partial charge in [-0.25, -0.2) is 4.79 Å². The highest BCUT2D eigenvalue weighted by molar-refractivity contribution is 5.92. The molecule has 2 aliphatic rings.